The van der Waals surface area contributed by atoms with Gasteiger partial charge in [-0.3, -0.25) is 0 Å². The van der Waals surface area contributed by atoms with Gasteiger partial charge >= 0.3 is 0 Å². The smallest absolute Gasteiger partial charge is 0.0253 e. The fourth-order valence-corrected chi connectivity index (χ4v) is 4.23. The summed E-state index contributed by atoms with van der Waals surface area (Å²) >= 11 is 0. The molecule has 0 bridgehead atoms. The zero-order valence-electron chi connectivity index (χ0n) is 14.6. The topological polar surface area (TPSA) is 0 Å². The van der Waals surface area contributed by atoms with Crippen molar-refractivity contribution in [2.45, 2.75) is 58.8 Å². The van der Waals surface area contributed by atoms with E-state index in [0.29, 0.717) is 0 Å². The highest BCUT2D eigenvalue weighted by Crippen LogP contribution is 2.52. The first-order valence-electron chi connectivity index (χ1n) is 8.69. The molecule has 0 nitrogen and oxygen atoms in total. The van der Waals surface area contributed by atoms with Crippen LogP contribution >= 0.6 is 0 Å². The summed E-state index contributed by atoms with van der Waals surface area (Å²) in [5.74, 6) is 0. The maximum absolute atomic E-state index is 2.45. The Bertz CT molecular complexity index is 512. The zero-order valence-corrected chi connectivity index (χ0v) is 14.6. The van der Waals surface area contributed by atoms with Crippen LogP contribution in [0.1, 0.15) is 64.5 Å². The second-order valence-corrected chi connectivity index (χ2v) is 7.02. The van der Waals surface area contributed by atoms with Crippen LogP contribution in [0.25, 0.3) is 0 Å². The Morgan fingerprint density at radius 2 is 1.05 bits per heavy atom. The molecule has 0 aromatic heterocycles. The number of hydrogen-bond donors (Lipinski definition) is 0. The number of benzene rings is 2. The normalized spacial score (nSPS) is 12.4. The molecule has 0 aliphatic rings. The van der Waals surface area contributed by atoms with Crippen LogP contribution in [0.15, 0.2) is 60.7 Å². The Hall–Kier alpha value is -1.56. The Morgan fingerprint density at radius 1 is 0.636 bits per heavy atom. The van der Waals surface area contributed by atoms with E-state index in [4.69, 9.17) is 0 Å². The first-order valence-corrected chi connectivity index (χ1v) is 8.69. The summed E-state index contributed by atoms with van der Waals surface area (Å²) in [6.45, 7) is 9.51. The average Bonchev–Trinajstić information content (AvgIpc) is 2.54. The van der Waals surface area contributed by atoms with Gasteiger partial charge in [0.25, 0.3) is 0 Å². The van der Waals surface area contributed by atoms with Crippen LogP contribution < -0.4 is 0 Å². The van der Waals surface area contributed by atoms with Crippen LogP contribution in [0.3, 0.4) is 0 Å². The molecule has 0 atom stereocenters. The van der Waals surface area contributed by atoms with Crippen molar-refractivity contribution in [3.8, 4) is 0 Å². The van der Waals surface area contributed by atoms with Gasteiger partial charge in [-0.1, -0.05) is 101 Å². The molecule has 0 aliphatic heterocycles. The molecule has 2 aromatic rings. The molecule has 2 rings (SSSR count). The quantitative estimate of drug-likeness (QED) is 0.539. The summed E-state index contributed by atoms with van der Waals surface area (Å²) in [6.07, 6.45) is 4.83. The Morgan fingerprint density at radius 3 is 1.41 bits per heavy atom. The average molecular weight is 294 g/mol. The first-order chi connectivity index (χ1) is 10.6. The van der Waals surface area contributed by atoms with E-state index in [1.165, 1.54) is 36.8 Å². The molecule has 0 radical (unpaired) electrons. The van der Waals surface area contributed by atoms with Crippen LogP contribution in [0.5, 0.6) is 0 Å². The van der Waals surface area contributed by atoms with Crippen molar-refractivity contribution in [2.24, 2.45) is 5.41 Å². The van der Waals surface area contributed by atoms with Crippen molar-refractivity contribution in [1.82, 2.24) is 0 Å². The van der Waals surface area contributed by atoms with Gasteiger partial charge < -0.3 is 0 Å². The lowest BCUT2D eigenvalue weighted by Crippen LogP contribution is -2.43. The zero-order chi connectivity index (χ0) is 16.1. The predicted octanol–water partition coefficient (Wildman–Crippen LogP) is 6.60. The highest BCUT2D eigenvalue weighted by Gasteiger charge is 2.46. The summed E-state index contributed by atoms with van der Waals surface area (Å²) in [4.78, 5) is 0. The van der Waals surface area contributed by atoms with Crippen molar-refractivity contribution in [3.63, 3.8) is 0 Å². The van der Waals surface area contributed by atoms with Gasteiger partial charge in [0.15, 0.2) is 0 Å². The monoisotopic (exact) mass is 294 g/mol. The van der Waals surface area contributed by atoms with Crippen LogP contribution in [0, 0.1) is 5.41 Å². The molecule has 0 spiro atoms. The molecule has 118 valence electrons. The predicted molar refractivity (Wildman–Crippen MR) is 97.3 cm³/mol. The summed E-state index contributed by atoms with van der Waals surface area (Å²) in [5.41, 5.74) is 3.23. The van der Waals surface area contributed by atoms with Crippen molar-refractivity contribution in [2.75, 3.05) is 0 Å². The second-order valence-electron chi connectivity index (χ2n) is 7.02. The van der Waals surface area contributed by atoms with E-state index < -0.39 is 0 Å². The maximum atomic E-state index is 2.45. The van der Waals surface area contributed by atoms with E-state index in [-0.39, 0.29) is 10.8 Å². The minimum Gasteiger partial charge on any atom is -0.0654 e. The third kappa shape index (κ3) is 2.97. The molecular formula is C22H30. The van der Waals surface area contributed by atoms with Crippen LogP contribution in [0.2, 0.25) is 0 Å². The number of rotatable bonds is 7. The van der Waals surface area contributed by atoms with Crippen molar-refractivity contribution < 1.29 is 0 Å². The van der Waals surface area contributed by atoms with E-state index in [0.717, 1.165) is 0 Å². The van der Waals surface area contributed by atoms with Gasteiger partial charge in [-0.2, -0.15) is 0 Å². The van der Waals surface area contributed by atoms with E-state index in [1.54, 1.807) is 0 Å². The van der Waals surface area contributed by atoms with Crippen molar-refractivity contribution in [1.29, 1.82) is 0 Å². The van der Waals surface area contributed by atoms with Gasteiger partial charge in [-0.05, 0) is 29.4 Å². The molecule has 0 aliphatic carbocycles. The van der Waals surface area contributed by atoms with E-state index in [9.17, 15) is 0 Å². The fraction of sp³-hybridized carbons (Fsp3) is 0.455. The van der Waals surface area contributed by atoms with Gasteiger partial charge in [0.2, 0.25) is 0 Å². The molecule has 0 N–H and O–H groups in total. The molecule has 0 heterocycles. The van der Waals surface area contributed by atoms with Gasteiger partial charge in [0.05, 0.1) is 0 Å². The van der Waals surface area contributed by atoms with Crippen LogP contribution in [-0.2, 0) is 5.41 Å². The molecule has 0 saturated heterocycles. The molecular weight excluding hydrogens is 264 g/mol. The van der Waals surface area contributed by atoms with Crippen molar-refractivity contribution >= 4 is 0 Å². The van der Waals surface area contributed by atoms with E-state index in [1.807, 2.05) is 0 Å². The largest absolute Gasteiger partial charge is 0.0654 e. The Balaban J connectivity index is 2.70. The van der Waals surface area contributed by atoms with Gasteiger partial charge in [0.1, 0.15) is 0 Å². The molecule has 0 fully saturated rings. The van der Waals surface area contributed by atoms with Gasteiger partial charge in [-0.25, -0.2) is 0 Å². The lowest BCUT2D eigenvalue weighted by atomic mass is 9.55. The van der Waals surface area contributed by atoms with Gasteiger partial charge in [0, 0.05) is 5.41 Å². The van der Waals surface area contributed by atoms with Crippen LogP contribution in [0.4, 0.5) is 0 Å². The SMILES string of the molecule is CCCC(C)(C)C(CCC)(c1ccccc1)c1ccccc1. The third-order valence-electron chi connectivity index (χ3n) is 5.19. The lowest BCUT2D eigenvalue weighted by Gasteiger charge is -2.48. The van der Waals surface area contributed by atoms with Gasteiger partial charge in [-0.15, -0.1) is 0 Å². The highest BCUT2D eigenvalue weighted by molar-refractivity contribution is 5.42. The molecule has 0 amide bonds. The molecule has 0 unspecified atom stereocenters. The maximum Gasteiger partial charge on any atom is 0.0253 e. The van der Waals surface area contributed by atoms with E-state index >= 15 is 0 Å². The first kappa shape index (κ1) is 16.8. The Labute approximate surface area is 136 Å². The summed E-state index contributed by atoms with van der Waals surface area (Å²) < 4.78 is 0. The standard InChI is InChI=1S/C22H30/c1-5-17-21(3,4)22(18-6-2,19-13-9-7-10-14-19)20-15-11-8-12-16-20/h7-16H,5-6,17-18H2,1-4H3. The van der Waals surface area contributed by atoms with Crippen molar-refractivity contribution in [3.05, 3.63) is 71.8 Å². The molecule has 0 saturated carbocycles. The summed E-state index contributed by atoms with van der Waals surface area (Å²) in [6, 6.07) is 22.3. The lowest BCUT2D eigenvalue weighted by molar-refractivity contribution is 0.168. The Kier molecular flexibility index (Phi) is 5.45. The summed E-state index contributed by atoms with van der Waals surface area (Å²) in [7, 11) is 0. The van der Waals surface area contributed by atoms with E-state index in [2.05, 4.69) is 88.4 Å². The summed E-state index contributed by atoms with van der Waals surface area (Å²) in [5, 5.41) is 0. The minimum absolute atomic E-state index is 0.0836. The molecule has 0 heteroatoms. The fourth-order valence-electron chi connectivity index (χ4n) is 4.23. The molecule has 22 heavy (non-hydrogen) atoms. The minimum atomic E-state index is 0.0836. The third-order valence-corrected chi connectivity index (χ3v) is 5.19. The van der Waals surface area contributed by atoms with Crippen LogP contribution in [-0.4, -0.2) is 0 Å². The highest BCUT2D eigenvalue weighted by atomic mass is 14.5. The molecule has 2 aromatic carbocycles. The second kappa shape index (κ2) is 7.13. The number of hydrogen-bond acceptors (Lipinski definition) is 0.